The second-order valence-corrected chi connectivity index (χ2v) is 10.4. The molecule has 0 radical (unpaired) electrons. The molecule has 49 heavy (non-hydrogen) atoms. The molecule has 0 atom stereocenters. The van der Waals surface area contributed by atoms with Crippen molar-refractivity contribution in [2.24, 2.45) is 0 Å². The molecule has 246 valence electrons. The van der Waals surface area contributed by atoms with Gasteiger partial charge >= 0.3 is 7.32 Å². The first-order valence-electron chi connectivity index (χ1n) is 14.7. The topological polar surface area (TPSA) is 133 Å². The average molecular weight is 665 g/mol. The van der Waals surface area contributed by atoms with Crippen LogP contribution < -0.4 is 45.4 Å². The van der Waals surface area contributed by atoms with Crippen molar-refractivity contribution in [2.75, 3.05) is 17.2 Å². The van der Waals surface area contributed by atoms with Crippen molar-refractivity contribution in [2.45, 2.75) is 0 Å². The van der Waals surface area contributed by atoms with Gasteiger partial charge in [0.05, 0.1) is 0 Å². The second kappa shape index (κ2) is 14.4. The SMILES string of the molecule is Nc1ccc(Oc2ccccc2OB(Oc2ccccc2Oc2ccc(N)cc2F)Oc2ccccc2Oc2ccc(N)cc2F)c(F)c1. The predicted molar refractivity (Wildman–Crippen MR) is 180 cm³/mol. The van der Waals surface area contributed by atoms with Crippen molar-refractivity contribution in [3.8, 4) is 51.7 Å². The van der Waals surface area contributed by atoms with Crippen LogP contribution in [-0.4, -0.2) is 7.32 Å². The molecule has 0 aliphatic rings. The Morgan fingerprint density at radius 2 is 0.612 bits per heavy atom. The highest BCUT2D eigenvalue weighted by atomic mass is 19.1. The third-order valence-electron chi connectivity index (χ3n) is 6.74. The van der Waals surface area contributed by atoms with Gasteiger partial charge in [-0.1, -0.05) is 36.4 Å². The Hall–Kier alpha value is -6.63. The Morgan fingerprint density at radius 3 is 0.878 bits per heavy atom. The molecule has 0 aromatic heterocycles. The summed E-state index contributed by atoms with van der Waals surface area (Å²) >= 11 is 0. The highest BCUT2D eigenvalue weighted by Crippen LogP contribution is 2.38. The first-order valence-corrected chi connectivity index (χ1v) is 14.7. The number of hydrogen-bond donors (Lipinski definition) is 3. The molecule has 0 bridgehead atoms. The van der Waals surface area contributed by atoms with Crippen LogP contribution in [0.25, 0.3) is 0 Å². The van der Waals surface area contributed by atoms with Crippen LogP contribution in [0.4, 0.5) is 30.2 Å². The van der Waals surface area contributed by atoms with Crippen LogP contribution in [-0.2, 0) is 0 Å². The normalized spacial score (nSPS) is 10.6. The number of halogens is 3. The van der Waals surface area contributed by atoms with E-state index in [0.717, 1.165) is 18.2 Å². The van der Waals surface area contributed by atoms with E-state index in [1.807, 2.05) is 0 Å². The quantitative estimate of drug-likeness (QED) is 0.0867. The third kappa shape index (κ3) is 8.03. The van der Waals surface area contributed by atoms with Crippen LogP contribution in [0.1, 0.15) is 0 Å². The lowest BCUT2D eigenvalue weighted by molar-refractivity contribution is 0.288. The lowest BCUT2D eigenvalue weighted by Crippen LogP contribution is -2.37. The molecule has 6 N–H and O–H groups in total. The number of anilines is 3. The molecule has 9 nitrogen and oxygen atoms in total. The van der Waals surface area contributed by atoms with Crippen LogP contribution in [0.15, 0.2) is 127 Å². The summed E-state index contributed by atoms with van der Waals surface area (Å²) in [6, 6.07) is 31.1. The van der Waals surface area contributed by atoms with Crippen molar-refractivity contribution in [3.63, 3.8) is 0 Å². The van der Waals surface area contributed by atoms with E-state index in [9.17, 15) is 13.2 Å². The summed E-state index contributed by atoms with van der Waals surface area (Å²) in [7, 11) is -1.62. The molecule has 6 rings (SSSR count). The summed E-state index contributed by atoms with van der Waals surface area (Å²) < 4.78 is 80.0. The fourth-order valence-electron chi connectivity index (χ4n) is 4.43. The first-order chi connectivity index (χ1) is 23.7. The summed E-state index contributed by atoms with van der Waals surface area (Å²) in [5.41, 5.74) is 17.7. The Labute approximate surface area is 279 Å². The number of ether oxygens (including phenoxy) is 3. The molecule has 6 aromatic rings. The van der Waals surface area contributed by atoms with Gasteiger partial charge in [0.1, 0.15) is 17.2 Å². The van der Waals surface area contributed by atoms with E-state index in [4.69, 9.17) is 45.4 Å². The summed E-state index contributed by atoms with van der Waals surface area (Å²) in [4.78, 5) is 0. The maximum Gasteiger partial charge on any atom is 0.864 e. The van der Waals surface area contributed by atoms with E-state index in [1.165, 1.54) is 36.4 Å². The Balaban J connectivity index is 1.34. The van der Waals surface area contributed by atoms with Gasteiger partial charge < -0.3 is 45.4 Å². The number of rotatable bonds is 12. The van der Waals surface area contributed by atoms with Gasteiger partial charge in [-0.3, -0.25) is 0 Å². The molecule has 0 unspecified atom stereocenters. The standard InChI is InChI=1S/C36H27BF3N3O6/c38-25-19-22(41)13-16-28(25)44-31-7-1-4-10-34(31)47-37(48-35-11-5-2-8-32(35)45-29-17-14-23(42)20-26(29)39)49-36-12-6-3-9-33(36)46-30-18-15-24(43)21-27(30)40/h1-21H,41-43H2. The van der Waals surface area contributed by atoms with Crippen molar-refractivity contribution in [3.05, 3.63) is 145 Å². The van der Waals surface area contributed by atoms with Crippen LogP contribution in [0.5, 0.6) is 51.7 Å². The monoisotopic (exact) mass is 665 g/mol. The van der Waals surface area contributed by atoms with Crippen LogP contribution in [0.2, 0.25) is 0 Å². The van der Waals surface area contributed by atoms with E-state index in [2.05, 4.69) is 0 Å². The summed E-state index contributed by atoms with van der Waals surface area (Å²) in [5, 5.41) is 0. The van der Waals surface area contributed by atoms with E-state index in [0.29, 0.717) is 0 Å². The number of nitrogen functional groups attached to an aromatic ring is 3. The molecule has 0 fully saturated rings. The van der Waals surface area contributed by atoms with Crippen molar-refractivity contribution < 1.29 is 41.3 Å². The Kier molecular flexibility index (Phi) is 9.52. The molecular formula is C36H27BF3N3O6. The van der Waals surface area contributed by atoms with Gasteiger partial charge in [-0.2, -0.15) is 0 Å². The minimum Gasteiger partial charge on any atom is -0.486 e. The predicted octanol–water partition coefficient (Wildman–Crippen LogP) is 8.75. The lowest BCUT2D eigenvalue weighted by atomic mass is 10.1. The molecule has 0 aliphatic heterocycles. The number of hydrogen-bond acceptors (Lipinski definition) is 9. The Morgan fingerprint density at radius 1 is 0.347 bits per heavy atom. The van der Waals surface area contributed by atoms with E-state index in [-0.39, 0.29) is 68.8 Å². The van der Waals surface area contributed by atoms with E-state index in [1.54, 1.807) is 72.8 Å². The van der Waals surface area contributed by atoms with Gasteiger partial charge in [-0.15, -0.1) is 0 Å². The van der Waals surface area contributed by atoms with E-state index < -0.39 is 24.8 Å². The molecule has 0 aliphatic carbocycles. The van der Waals surface area contributed by atoms with Gasteiger partial charge in [0.25, 0.3) is 0 Å². The fourth-order valence-corrected chi connectivity index (χ4v) is 4.43. The second-order valence-electron chi connectivity index (χ2n) is 10.4. The van der Waals surface area contributed by atoms with Gasteiger partial charge in [-0.25, -0.2) is 13.2 Å². The van der Waals surface area contributed by atoms with Gasteiger partial charge in [0, 0.05) is 35.3 Å². The number of benzene rings is 6. The van der Waals surface area contributed by atoms with Crippen molar-refractivity contribution >= 4 is 24.4 Å². The molecule has 0 saturated heterocycles. The Bertz CT molecular complexity index is 1870. The summed E-state index contributed by atoms with van der Waals surface area (Å²) in [5.74, 6) is -1.88. The largest absolute Gasteiger partial charge is 0.864 e. The molecule has 6 aromatic carbocycles. The van der Waals surface area contributed by atoms with Crippen molar-refractivity contribution in [1.82, 2.24) is 0 Å². The van der Waals surface area contributed by atoms with Gasteiger partial charge in [0.2, 0.25) is 0 Å². The highest BCUT2D eigenvalue weighted by molar-refractivity contribution is 6.39. The van der Waals surface area contributed by atoms with Gasteiger partial charge in [-0.05, 0) is 72.8 Å². The maximum atomic E-state index is 14.7. The zero-order valence-electron chi connectivity index (χ0n) is 25.5. The molecule has 0 saturated carbocycles. The molecule has 13 heteroatoms. The maximum absolute atomic E-state index is 14.7. The smallest absolute Gasteiger partial charge is 0.486 e. The summed E-state index contributed by atoms with van der Waals surface area (Å²) in [6.45, 7) is 0. The molecule has 0 amide bonds. The van der Waals surface area contributed by atoms with E-state index >= 15 is 0 Å². The van der Waals surface area contributed by atoms with Crippen LogP contribution >= 0.6 is 0 Å². The van der Waals surface area contributed by atoms with Crippen molar-refractivity contribution in [1.29, 1.82) is 0 Å². The fraction of sp³-hybridized carbons (Fsp3) is 0. The summed E-state index contributed by atoms with van der Waals surface area (Å²) in [6.07, 6.45) is 0. The average Bonchev–Trinajstić information content (AvgIpc) is 3.07. The number of nitrogens with two attached hydrogens (primary N) is 3. The third-order valence-corrected chi connectivity index (χ3v) is 6.74. The molecule has 0 heterocycles. The lowest BCUT2D eigenvalue weighted by Gasteiger charge is -2.21. The molecular weight excluding hydrogens is 638 g/mol. The zero-order valence-corrected chi connectivity index (χ0v) is 25.5. The van der Waals surface area contributed by atoms with Crippen LogP contribution in [0.3, 0.4) is 0 Å². The minimum atomic E-state index is -1.62. The highest BCUT2D eigenvalue weighted by Gasteiger charge is 2.34. The molecule has 0 spiro atoms. The first kappa shape index (κ1) is 32.3. The van der Waals surface area contributed by atoms with Crippen LogP contribution in [0, 0.1) is 17.5 Å². The van der Waals surface area contributed by atoms with Gasteiger partial charge in [0.15, 0.2) is 51.9 Å². The minimum absolute atomic E-state index is 0.0784. The zero-order chi connectivity index (χ0) is 34.3. The number of para-hydroxylation sites is 6.